The third kappa shape index (κ3) is 5.87. The van der Waals surface area contributed by atoms with Gasteiger partial charge in [0.1, 0.15) is 17.6 Å². The lowest BCUT2D eigenvalue weighted by Gasteiger charge is -2.24. The minimum Gasteiger partial charge on any atom is -0.496 e. The van der Waals surface area contributed by atoms with Gasteiger partial charge in [-0.15, -0.1) is 0 Å². The van der Waals surface area contributed by atoms with Crippen LogP contribution in [-0.4, -0.2) is 35.6 Å². The fraction of sp³-hybridized carbons (Fsp3) is 0.538. The molecule has 2 aliphatic rings. The zero-order valence-electron chi connectivity index (χ0n) is 19.4. The highest BCUT2D eigenvalue weighted by molar-refractivity contribution is 9.10. The Morgan fingerprint density at radius 3 is 2.71 bits per heavy atom. The number of Topliss-reactive ketones (excluding diaryl/α,β-unsaturated/α-hetero) is 2. The number of ketones is 2. The molecule has 0 spiro atoms. The molecule has 0 bridgehead atoms. The molecule has 1 amide bonds. The third-order valence-corrected chi connectivity index (χ3v) is 7.43. The van der Waals surface area contributed by atoms with Crippen LogP contribution in [0.15, 0.2) is 22.7 Å². The number of aromatic amines is 1. The van der Waals surface area contributed by atoms with Crippen LogP contribution in [0.25, 0.3) is 10.9 Å². The Labute approximate surface area is 207 Å². The molecule has 1 aromatic heterocycles. The second-order valence-corrected chi connectivity index (χ2v) is 10.5. The SMILES string of the molecule is COc1cc(Br)cc2[nH]c(C(=O)C[C@@H](CC3CC3)C(=O)N[C@H](C#N)C[C@@H]3CCCCC3=O)cc12. The first-order chi connectivity index (χ1) is 16.4. The molecule has 0 radical (unpaired) electrons. The van der Waals surface area contributed by atoms with Crippen LogP contribution in [0.1, 0.15) is 68.3 Å². The highest BCUT2D eigenvalue weighted by Gasteiger charge is 2.33. The summed E-state index contributed by atoms with van der Waals surface area (Å²) in [5.41, 5.74) is 1.21. The summed E-state index contributed by atoms with van der Waals surface area (Å²) in [6.07, 6.45) is 6.39. The van der Waals surface area contributed by atoms with Crippen molar-refractivity contribution in [3.05, 3.63) is 28.4 Å². The predicted octanol–water partition coefficient (Wildman–Crippen LogP) is 5.09. The Bertz CT molecular complexity index is 1130. The quantitative estimate of drug-likeness (QED) is 0.418. The number of hydrogen-bond donors (Lipinski definition) is 2. The van der Waals surface area contributed by atoms with Crippen molar-refractivity contribution in [2.24, 2.45) is 17.8 Å². The van der Waals surface area contributed by atoms with E-state index < -0.39 is 12.0 Å². The highest BCUT2D eigenvalue weighted by atomic mass is 79.9. The molecule has 180 valence electrons. The predicted molar refractivity (Wildman–Crippen MR) is 131 cm³/mol. The number of halogens is 1. The van der Waals surface area contributed by atoms with E-state index in [0.717, 1.165) is 47.5 Å². The van der Waals surface area contributed by atoms with Crippen molar-refractivity contribution in [2.45, 2.75) is 63.8 Å². The summed E-state index contributed by atoms with van der Waals surface area (Å²) in [5.74, 6) is 0.202. The molecule has 0 aliphatic heterocycles. The number of methoxy groups -OCH3 is 1. The van der Waals surface area contributed by atoms with E-state index in [2.05, 4.69) is 32.3 Å². The van der Waals surface area contributed by atoms with E-state index in [0.29, 0.717) is 36.6 Å². The fourth-order valence-electron chi connectivity index (χ4n) is 4.89. The molecule has 2 N–H and O–H groups in total. The largest absolute Gasteiger partial charge is 0.496 e. The normalized spacial score (nSPS) is 19.9. The number of amides is 1. The molecule has 8 heteroatoms. The highest BCUT2D eigenvalue weighted by Crippen LogP contribution is 2.37. The number of hydrogen-bond acceptors (Lipinski definition) is 5. The van der Waals surface area contributed by atoms with Gasteiger partial charge in [0.25, 0.3) is 0 Å². The molecule has 1 aromatic carbocycles. The molecule has 0 saturated heterocycles. The van der Waals surface area contributed by atoms with E-state index in [-0.39, 0.29) is 29.8 Å². The van der Waals surface area contributed by atoms with Crippen molar-refractivity contribution in [1.29, 1.82) is 5.26 Å². The monoisotopic (exact) mass is 527 g/mol. The zero-order valence-corrected chi connectivity index (χ0v) is 20.9. The minimum atomic E-state index is -0.717. The van der Waals surface area contributed by atoms with Crippen molar-refractivity contribution in [3.8, 4) is 11.8 Å². The van der Waals surface area contributed by atoms with Crippen LogP contribution in [0.4, 0.5) is 0 Å². The number of carbonyl (C=O) groups is 3. The van der Waals surface area contributed by atoms with E-state index in [1.807, 2.05) is 12.1 Å². The van der Waals surface area contributed by atoms with Crippen LogP contribution in [0.3, 0.4) is 0 Å². The number of nitrogens with zero attached hydrogens (tertiary/aromatic N) is 1. The lowest BCUT2D eigenvalue weighted by atomic mass is 9.83. The third-order valence-electron chi connectivity index (χ3n) is 6.98. The van der Waals surface area contributed by atoms with Crippen LogP contribution in [0, 0.1) is 29.1 Å². The van der Waals surface area contributed by atoms with E-state index >= 15 is 0 Å². The number of aromatic nitrogens is 1. The fourth-order valence-corrected chi connectivity index (χ4v) is 5.32. The Morgan fingerprint density at radius 1 is 1.24 bits per heavy atom. The number of H-pyrrole nitrogens is 1. The van der Waals surface area contributed by atoms with Crippen LogP contribution in [0.2, 0.25) is 0 Å². The molecule has 3 atom stereocenters. The number of rotatable bonds is 10. The van der Waals surface area contributed by atoms with Gasteiger partial charge in [0, 0.05) is 34.5 Å². The molecule has 1 heterocycles. The maximum absolute atomic E-state index is 13.2. The average Bonchev–Trinajstić information content (AvgIpc) is 3.54. The molecule has 2 saturated carbocycles. The van der Waals surface area contributed by atoms with Crippen molar-refractivity contribution in [1.82, 2.24) is 10.3 Å². The topological polar surface area (TPSA) is 112 Å². The maximum Gasteiger partial charge on any atom is 0.224 e. The van der Waals surface area contributed by atoms with E-state index in [4.69, 9.17) is 4.74 Å². The van der Waals surface area contributed by atoms with Crippen molar-refractivity contribution >= 4 is 44.3 Å². The van der Waals surface area contributed by atoms with Crippen molar-refractivity contribution in [3.63, 3.8) is 0 Å². The maximum atomic E-state index is 13.2. The second-order valence-electron chi connectivity index (χ2n) is 9.59. The summed E-state index contributed by atoms with van der Waals surface area (Å²) in [5, 5.41) is 13.3. The van der Waals surface area contributed by atoms with Gasteiger partial charge in [0.15, 0.2) is 5.78 Å². The van der Waals surface area contributed by atoms with Gasteiger partial charge in [-0.3, -0.25) is 14.4 Å². The van der Waals surface area contributed by atoms with E-state index in [1.165, 1.54) is 0 Å². The molecule has 2 aliphatic carbocycles. The number of carbonyl (C=O) groups excluding carboxylic acids is 3. The molecule has 2 fully saturated rings. The molecule has 7 nitrogen and oxygen atoms in total. The molecule has 0 unspecified atom stereocenters. The lowest BCUT2D eigenvalue weighted by molar-refractivity contribution is -0.127. The summed E-state index contributed by atoms with van der Waals surface area (Å²) in [7, 11) is 1.58. The molecular weight excluding hydrogens is 498 g/mol. The van der Waals surface area contributed by atoms with Gasteiger partial charge in [0.2, 0.25) is 5.91 Å². The van der Waals surface area contributed by atoms with Crippen LogP contribution in [-0.2, 0) is 9.59 Å². The first-order valence-corrected chi connectivity index (χ1v) is 12.8. The van der Waals surface area contributed by atoms with Crippen LogP contribution in [0.5, 0.6) is 5.75 Å². The van der Waals surface area contributed by atoms with Gasteiger partial charge in [0.05, 0.1) is 24.4 Å². The van der Waals surface area contributed by atoms with Gasteiger partial charge in [-0.1, -0.05) is 35.2 Å². The van der Waals surface area contributed by atoms with Crippen LogP contribution < -0.4 is 10.1 Å². The van der Waals surface area contributed by atoms with E-state index in [9.17, 15) is 19.6 Å². The van der Waals surface area contributed by atoms with Crippen molar-refractivity contribution < 1.29 is 19.1 Å². The lowest BCUT2D eigenvalue weighted by Crippen LogP contribution is -2.41. The summed E-state index contributed by atoms with van der Waals surface area (Å²) in [6, 6.07) is 6.92. The van der Waals surface area contributed by atoms with E-state index in [1.54, 1.807) is 13.2 Å². The average molecular weight is 528 g/mol. The van der Waals surface area contributed by atoms with Crippen molar-refractivity contribution in [2.75, 3.05) is 7.11 Å². The smallest absolute Gasteiger partial charge is 0.224 e. The molecule has 2 aromatic rings. The molecule has 34 heavy (non-hydrogen) atoms. The molecule has 4 rings (SSSR count). The second kappa shape index (κ2) is 10.7. The van der Waals surface area contributed by atoms with Gasteiger partial charge < -0.3 is 15.0 Å². The standard InChI is InChI=1S/C26H30BrN3O4/c1-34-25-12-18(27)11-21-20(25)13-22(30-21)24(32)10-17(8-15-6-7-15)26(33)29-19(14-28)9-16-4-2-3-5-23(16)31/h11-13,15-17,19,30H,2-10H2,1H3,(H,29,33)/t16-,17+,19-/m0/s1. The number of ether oxygens (including phenoxy) is 1. The summed E-state index contributed by atoms with van der Waals surface area (Å²) >= 11 is 3.45. The molecular formula is C26H30BrN3O4. The summed E-state index contributed by atoms with van der Waals surface area (Å²) in [4.78, 5) is 41.6. The first kappa shape index (κ1) is 24.5. The number of benzene rings is 1. The number of nitriles is 1. The number of fused-ring (bicyclic) bond motifs is 1. The summed E-state index contributed by atoms with van der Waals surface area (Å²) in [6.45, 7) is 0. The summed E-state index contributed by atoms with van der Waals surface area (Å²) < 4.78 is 6.26. The van der Waals surface area contributed by atoms with Gasteiger partial charge in [-0.25, -0.2) is 0 Å². The van der Waals surface area contributed by atoms with Gasteiger partial charge in [-0.05, 0) is 49.8 Å². The van der Waals surface area contributed by atoms with Gasteiger partial charge in [-0.2, -0.15) is 5.26 Å². The Morgan fingerprint density at radius 2 is 2.03 bits per heavy atom. The van der Waals surface area contributed by atoms with Gasteiger partial charge >= 0.3 is 0 Å². The Balaban J connectivity index is 1.45. The first-order valence-electron chi connectivity index (χ1n) is 12.0. The Hall–Kier alpha value is -2.66. The minimum absolute atomic E-state index is 0.0686. The van der Waals surface area contributed by atoms with Crippen LogP contribution >= 0.6 is 15.9 Å². The number of nitrogens with one attached hydrogen (secondary N) is 2. The zero-order chi connectivity index (χ0) is 24.2. The Kier molecular flexibility index (Phi) is 7.72.